The van der Waals surface area contributed by atoms with Gasteiger partial charge in [0, 0.05) is 42.1 Å². The smallest absolute Gasteiger partial charge is 0.252 e. The molecule has 0 saturated carbocycles. The Morgan fingerprint density at radius 3 is 2.52 bits per heavy atom. The molecule has 0 spiro atoms. The normalized spacial score (nSPS) is 12.2. The molecule has 2 rings (SSSR count). The van der Waals surface area contributed by atoms with E-state index >= 15 is 0 Å². The number of hydrogen-bond donors (Lipinski definition) is 1. The molecule has 5 nitrogen and oxygen atoms in total. The van der Waals surface area contributed by atoms with E-state index in [2.05, 4.69) is 10.3 Å². The molecule has 2 aromatic rings. The number of hydrogen-bond acceptors (Lipinski definition) is 6. The third kappa shape index (κ3) is 4.84. The van der Waals surface area contributed by atoms with Gasteiger partial charge in [0.05, 0.1) is 5.01 Å². The zero-order valence-corrected chi connectivity index (χ0v) is 16.2. The zero-order valence-electron chi connectivity index (χ0n) is 13.7. The van der Waals surface area contributed by atoms with Gasteiger partial charge in [0.1, 0.15) is 4.21 Å². The highest BCUT2D eigenvalue weighted by atomic mass is 32.2. The number of thiophene rings is 1. The summed E-state index contributed by atoms with van der Waals surface area (Å²) in [6.07, 6.45) is 2.73. The maximum atomic E-state index is 12.4. The Balaban J connectivity index is 1.87. The molecule has 1 N–H and O–H groups in total. The number of aryl methyl sites for hydroxylation is 1. The Labute approximate surface area is 146 Å². The summed E-state index contributed by atoms with van der Waals surface area (Å²) in [5.74, 6) is 0. The largest absolute Gasteiger partial charge is 0.311 e. The first-order chi connectivity index (χ1) is 11.0. The van der Waals surface area contributed by atoms with Crippen LogP contribution in [0.5, 0.6) is 0 Å². The van der Waals surface area contributed by atoms with Crippen molar-refractivity contribution in [1.82, 2.24) is 14.6 Å². The quantitative estimate of drug-likeness (QED) is 0.687. The molecule has 0 amide bonds. The Hall–Kier alpha value is -0.800. The van der Waals surface area contributed by atoms with Crippen LogP contribution >= 0.6 is 22.7 Å². The van der Waals surface area contributed by atoms with Gasteiger partial charge in [-0.2, -0.15) is 4.31 Å². The van der Waals surface area contributed by atoms with Gasteiger partial charge in [0.2, 0.25) is 0 Å². The summed E-state index contributed by atoms with van der Waals surface area (Å²) < 4.78 is 26.8. The zero-order chi connectivity index (χ0) is 16.9. The van der Waals surface area contributed by atoms with Crippen molar-refractivity contribution in [2.45, 2.75) is 37.9 Å². The number of nitrogens with one attached hydrogen (secondary N) is 1. The molecule has 2 aromatic heterocycles. The van der Waals surface area contributed by atoms with Gasteiger partial charge in [-0.3, -0.25) is 0 Å². The van der Waals surface area contributed by atoms with Crippen molar-refractivity contribution in [3.8, 4) is 0 Å². The van der Waals surface area contributed by atoms with Crippen molar-refractivity contribution in [2.75, 3.05) is 19.6 Å². The van der Waals surface area contributed by atoms with Crippen molar-refractivity contribution in [3.63, 3.8) is 0 Å². The molecule has 0 atom stereocenters. The van der Waals surface area contributed by atoms with E-state index in [0.29, 0.717) is 17.3 Å². The number of aromatic nitrogens is 1. The van der Waals surface area contributed by atoms with E-state index in [1.165, 1.54) is 20.5 Å². The standard InChI is InChI=1S/C15H23N3O2S3/c1-4-18(5-2)23(19,20)15-7-6-13(22-15)8-9-16-10-14-11-17-12(3)21-14/h6-7,11,16H,4-5,8-10H2,1-3H3. The molecule has 0 aromatic carbocycles. The van der Waals surface area contributed by atoms with Crippen LogP contribution in [-0.2, 0) is 23.0 Å². The van der Waals surface area contributed by atoms with Crippen LogP contribution in [0.4, 0.5) is 0 Å². The van der Waals surface area contributed by atoms with Crippen LogP contribution in [0.3, 0.4) is 0 Å². The van der Waals surface area contributed by atoms with E-state index in [4.69, 9.17) is 0 Å². The van der Waals surface area contributed by atoms with Crippen LogP contribution in [0.1, 0.15) is 28.6 Å². The fraction of sp³-hybridized carbons (Fsp3) is 0.533. The van der Waals surface area contributed by atoms with E-state index in [-0.39, 0.29) is 0 Å². The third-order valence-corrected chi connectivity index (χ3v) is 8.03. The predicted molar refractivity (Wildman–Crippen MR) is 96.7 cm³/mol. The lowest BCUT2D eigenvalue weighted by atomic mass is 10.3. The Kier molecular flexibility index (Phi) is 6.72. The first-order valence-electron chi connectivity index (χ1n) is 7.68. The highest BCUT2D eigenvalue weighted by Gasteiger charge is 2.23. The van der Waals surface area contributed by atoms with Crippen LogP contribution in [-0.4, -0.2) is 37.3 Å². The summed E-state index contributed by atoms with van der Waals surface area (Å²) in [5, 5.41) is 4.45. The molecule has 128 valence electrons. The second-order valence-corrected chi connectivity index (χ2v) is 9.73. The maximum Gasteiger partial charge on any atom is 0.252 e. The van der Waals surface area contributed by atoms with Gasteiger partial charge in [-0.1, -0.05) is 13.8 Å². The predicted octanol–water partition coefficient (Wildman–Crippen LogP) is 2.88. The van der Waals surface area contributed by atoms with E-state index < -0.39 is 10.0 Å². The van der Waals surface area contributed by atoms with Crippen molar-refractivity contribution in [3.05, 3.63) is 33.1 Å². The number of nitrogens with zero attached hydrogens (tertiary/aromatic N) is 2. The number of sulfonamides is 1. The number of thiazole rings is 1. The molecule has 0 fully saturated rings. The Morgan fingerprint density at radius 1 is 1.17 bits per heavy atom. The molecule has 0 unspecified atom stereocenters. The molecular weight excluding hydrogens is 350 g/mol. The SMILES string of the molecule is CCN(CC)S(=O)(=O)c1ccc(CCNCc2cnc(C)s2)s1. The molecular formula is C15H23N3O2S3. The van der Waals surface area contributed by atoms with E-state index in [0.717, 1.165) is 29.4 Å². The lowest BCUT2D eigenvalue weighted by Gasteiger charge is -2.16. The van der Waals surface area contributed by atoms with Crippen molar-refractivity contribution >= 4 is 32.7 Å². The minimum atomic E-state index is -3.33. The number of rotatable bonds is 9. The highest BCUT2D eigenvalue weighted by Crippen LogP contribution is 2.25. The van der Waals surface area contributed by atoms with Gasteiger partial charge in [0.15, 0.2) is 0 Å². The summed E-state index contributed by atoms with van der Waals surface area (Å²) in [7, 11) is -3.33. The Bertz CT molecular complexity index is 718. The van der Waals surface area contributed by atoms with Crippen LogP contribution in [0.15, 0.2) is 22.5 Å². The van der Waals surface area contributed by atoms with Gasteiger partial charge >= 0.3 is 0 Å². The van der Waals surface area contributed by atoms with Gasteiger partial charge in [-0.15, -0.1) is 22.7 Å². The molecule has 0 radical (unpaired) electrons. The van der Waals surface area contributed by atoms with Gasteiger partial charge in [0.25, 0.3) is 10.0 Å². The maximum absolute atomic E-state index is 12.4. The minimum Gasteiger partial charge on any atom is -0.311 e. The molecule has 8 heteroatoms. The third-order valence-electron chi connectivity index (χ3n) is 3.45. The summed E-state index contributed by atoms with van der Waals surface area (Å²) in [4.78, 5) is 6.53. The lowest BCUT2D eigenvalue weighted by Crippen LogP contribution is -2.29. The van der Waals surface area contributed by atoms with E-state index in [1.54, 1.807) is 17.4 Å². The Morgan fingerprint density at radius 2 is 1.91 bits per heavy atom. The highest BCUT2D eigenvalue weighted by molar-refractivity contribution is 7.91. The first-order valence-corrected chi connectivity index (χ1v) is 10.8. The summed E-state index contributed by atoms with van der Waals surface area (Å²) in [6.45, 7) is 8.35. The van der Waals surface area contributed by atoms with Gasteiger partial charge < -0.3 is 5.32 Å². The van der Waals surface area contributed by atoms with Crippen LogP contribution in [0.2, 0.25) is 0 Å². The van der Waals surface area contributed by atoms with E-state index in [1.807, 2.05) is 33.0 Å². The van der Waals surface area contributed by atoms with Crippen LogP contribution in [0, 0.1) is 6.92 Å². The topological polar surface area (TPSA) is 62.3 Å². The molecule has 0 aliphatic heterocycles. The van der Waals surface area contributed by atoms with E-state index in [9.17, 15) is 8.42 Å². The van der Waals surface area contributed by atoms with Crippen LogP contribution < -0.4 is 5.32 Å². The molecule has 2 heterocycles. The molecule has 0 aliphatic carbocycles. The molecule has 0 aliphatic rings. The average Bonchev–Trinajstić information content (AvgIpc) is 3.14. The average molecular weight is 374 g/mol. The second-order valence-electron chi connectivity index (χ2n) is 5.08. The fourth-order valence-corrected chi connectivity index (χ4v) is 5.96. The van der Waals surface area contributed by atoms with Gasteiger partial charge in [-0.25, -0.2) is 13.4 Å². The summed E-state index contributed by atoms with van der Waals surface area (Å²) >= 11 is 3.06. The van der Waals surface area contributed by atoms with Crippen molar-refractivity contribution in [2.24, 2.45) is 0 Å². The lowest BCUT2D eigenvalue weighted by molar-refractivity contribution is 0.447. The van der Waals surface area contributed by atoms with Crippen molar-refractivity contribution in [1.29, 1.82) is 0 Å². The molecule has 23 heavy (non-hydrogen) atoms. The summed E-state index contributed by atoms with van der Waals surface area (Å²) in [6, 6.07) is 3.64. The fourth-order valence-electron chi connectivity index (χ4n) is 2.23. The first kappa shape index (κ1) is 18.5. The second kappa shape index (κ2) is 8.34. The van der Waals surface area contributed by atoms with Crippen molar-refractivity contribution < 1.29 is 8.42 Å². The molecule has 0 bridgehead atoms. The molecule has 0 saturated heterocycles. The van der Waals surface area contributed by atoms with Gasteiger partial charge in [-0.05, 0) is 25.5 Å². The monoisotopic (exact) mass is 373 g/mol. The van der Waals surface area contributed by atoms with Crippen LogP contribution in [0.25, 0.3) is 0 Å². The minimum absolute atomic E-state index is 0.439. The summed E-state index contributed by atoms with van der Waals surface area (Å²) in [5.41, 5.74) is 0.